The van der Waals surface area contributed by atoms with Gasteiger partial charge in [0.05, 0.1) is 18.2 Å². The molecule has 3 aromatic carbocycles. The number of aliphatic hydroxyl groups is 1. The number of carbonyl (C=O) groups excluding carboxylic acids is 3. The second kappa shape index (κ2) is 15.5. The Balaban J connectivity index is 0.00000645. The van der Waals surface area contributed by atoms with Crippen LogP contribution in [-0.2, 0) is 22.3 Å². The number of hydroxylamine groups is 1. The Hall–Kier alpha value is -4.77. The van der Waals surface area contributed by atoms with Crippen molar-refractivity contribution in [3.63, 3.8) is 0 Å². The molecule has 13 heteroatoms. The van der Waals surface area contributed by atoms with Gasteiger partial charge in [-0.05, 0) is 73.2 Å². The second-order valence-electron chi connectivity index (χ2n) is 9.02. The van der Waals surface area contributed by atoms with Crippen LogP contribution in [0.4, 0.5) is 23.2 Å². The number of amides is 3. The number of carbonyl (C=O) groups is 3. The molecule has 0 radical (unpaired) electrons. The van der Waals surface area contributed by atoms with E-state index in [9.17, 15) is 37.1 Å². The van der Waals surface area contributed by atoms with Gasteiger partial charge < -0.3 is 21.1 Å². The highest BCUT2D eigenvalue weighted by atomic mass is 19.4. The van der Waals surface area contributed by atoms with Gasteiger partial charge in [0.15, 0.2) is 0 Å². The Labute approximate surface area is 245 Å². The Morgan fingerprint density at radius 2 is 1.51 bits per heavy atom. The van der Waals surface area contributed by atoms with Crippen LogP contribution in [0.3, 0.4) is 0 Å². The molecule has 228 valence electrons. The summed E-state index contributed by atoms with van der Waals surface area (Å²) in [5, 5.41) is 25.9. The van der Waals surface area contributed by atoms with Crippen molar-refractivity contribution in [1.82, 2.24) is 16.1 Å². The van der Waals surface area contributed by atoms with Gasteiger partial charge >= 0.3 is 6.18 Å². The van der Waals surface area contributed by atoms with Gasteiger partial charge in [-0.2, -0.15) is 13.2 Å². The van der Waals surface area contributed by atoms with Crippen molar-refractivity contribution in [2.24, 2.45) is 0 Å². The van der Waals surface area contributed by atoms with Gasteiger partial charge in [-0.1, -0.05) is 25.3 Å². The minimum absolute atomic E-state index is 0. The third kappa shape index (κ3) is 10.2. The van der Waals surface area contributed by atoms with E-state index in [0.29, 0.717) is 22.9 Å². The lowest BCUT2D eigenvalue weighted by molar-refractivity contribution is -0.138. The number of halogens is 4. The van der Waals surface area contributed by atoms with E-state index in [-0.39, 0.29) is 31.6 Å². The number of nitrogens with one attached hydrogen (secondary N) is 4. The van der Waals surface area contributed by atoms with Gasteiger partial charge in [0, 0.05) is 28.9 Å². The largest absolute Gasteiger partial charge is 0.416 e. The molecule has 3 aromatic rings. The zero-order valence-electron chi connectivity index (χ0n) is 22.1. The van der Waals surface area contributed by atoms with Gasteiger partial charge in [-0.25, -0.2) is 9.87 Å². The summed E-state index contributed by atoms with van der Waals surface area (Å²) in [4.78, 5) is 36.1. The van der Waals surface area contributed by atoms with Crippen molar-refractivity contribution in [1.29, 1.82) is 0 Å². The Kier molecular flexibility index (Phi) is 12.4. The van der Waals surface area contributed by atoms with Crippen LogP contribution in [-0.4, -0.2) is 46.7 Å². The maximum Gasteiger partial charge on any atom is 0.416 e. The van der Waals surface area contributed by atoms with Gasteiger partial charge in [-0.3, -0.25) is 19.6 Å². The summed E-state index contributed by atoms with van der Waals surface area (Å²) < 4.78 is 52.5. The predicted molar refractivity (Wildman–Crippen MR) is 150 cm³/mol. The molecule has 0 fully saturated rings. The summed E-state index contributed by atoms with van der Waals surface area (Å²) in [7, 11) is 0. The third-order valence-corrected chi connectivity index (χ3v) is 5.81. The smallest absolute Gasteiger partial charge is 0.391 e. The number of hydrogen-bond acceptors (Lipinski definition) is 6. The first-order valence-corrected chi connectivity index (χ1v) is 12.4. The van der Waals surface area contributed by atoms with Crippen LogP contribution in [0, 0.1) is 17.7 Å². The number of benzene rings is 3. The first-order chi connectivity index (χ1) is 19.9. The van der Waals surface area contributed by atoms with E-state index in [2.05, 4.69) is 27.8 Å². The van der Waals surface area contributed by atoms with E-state index in [1.807, 2.05) is 0 Å². The van der Waals surface area contributed by atoms with Crippen molar-refractivity contribution in [2.75, 3.05) is 11.9 Å². The van der Waals surface area contributed by atoms with Crippen molar-refractivity contribution < 1.29 is 42.3 Å². The second-order valence-corrected chi connectivity index (χ2v) is 9.02. The minimum Gasteiger partial charge on any atom is -0.391 e. The van der Waals surface area contributed by atoms with Crippen LogP contribution in [0.15, 0.2) is 66.7 Å². The van der Waals surface area contributed by atoms with Crippen LogP contribution in [0.5, 0.6) is 0 Å². The molecule has 43 heavy (non-hydrogen) atoms. The maximum atomic E-state index is 13.2. The molecule has 9 nitrogen and oxygen atoms in total. The summed E-state index contributed by atoms with van der Waals surface area (Å²) in [5.74, 6) is 2.74. The summed E-state index contributed by atoms with van der Waals surface area (Å²) >= 11 is 0. The minimum atomic E-state index is -4.72. The van der Waals surface area contributed by atoms with E-state index in [1.54, 1.807) is 36.4 Å². The number of anilines is 1. The normalized spacial score (nSPS) is 12.1. The molecule has 3 amide bonds. The molecule has 0 saturated heterocycles. The average Bonchev–Trinajstić information content (AvgIpc) is 2.95. The zero-order valence-corrected chi connectivity index (χ0v) is 22.1. The number of aliphatic hydroxyl groups excluding tert-OH is 1. The summed E-state index contributed by atoms with van der Waals surface area (Å²) in [6.07, 6.45) is -5.97. The molecule has 0 spiro atoms. The van der Waals surface area contributed by atoms with E-state index in [0.717, 1.165) is 12.1 Å². The zero-order chi connectivity index (χ0) is 30.9. The van der Waals surface area contributed by atoms with Crippen LogP contribution in [0.1, 0.15) is 47.0 Å². The summed E-state index contributed by atoms with van der Waals surface area (Å²) in [6, 6.07) is 13.6. The van der Waals surface area contributed by atoms with E-state index in [1.165, 1.54) is 24.5 Å². The molecule has 0 bridgehead atoms. The molecule has 0 aliphatic carbocycles. The van der Waals surface area contributed by atoms with Crippen LogP contribution >= 0.6 is 0 Å². The van der Waals surface area contributed by atoms with Crippen molar-refractivity contribution in [3.8, 4) is 11.8 Å². The van der Waals surface area contributed by atoms with Gasteiger partial charge in [0.25, 0.3) is 11.8 Å². The molecule has 0 aliphatic heterocycles. The van der Waals surface area contributed by atoms with Crippen molar-refractivity contribution in [2.45, 2.75) is 39.2 Å². The summed E-state index contributed by atoms with van der Waals surface area (Å²) in [6.45, 7) is 0.720. The van der Waals surface area contributed by atoms with E-state index < -0.39 is 47.4 Å². The molecule has 0 aliphatic rings. The van der Waals surface area contributed by atoms with Crippen molar-refractivity contribution in [3.05, 3.63) is 100 Å². The number of hydrogen-bond donors (Lipinski definition) is 6. The lowest BCUT2D eigenvalue weighted by Gasteiger charge is -2.19. The first-order valence-electron chi connectivity index (χ1n) is 12.4. The fourth-order valence-electron chi connectivity index (χ4n) is 3.67. The SMILES string of the molecule is C.C[C@@H](O)[C@H](NC(=O)c1ccc(C#Cc2ccc(NC(=O)CNCc3ccc(F)cc3C(F)(F)F)cc2)cc1)C(=O)NO. The van der Waals surface area contributed by atoms with E-state index in [4.69, 9.17) is 5.21 Å². The van der Waals surface area contributed by atoms with E-state index >= 15 is 0 Å². The fourth-order valence-corrected chi connectivity index (χ4v) is 3.67. The monoisotopic (exact) mass is 602 g/mol. The quantitative estimate of drug-likeness (QED) is 0.0958. The van der Waals surface area contributed by atoms with Gasteiger partial charge in [-0.15, -0.1) is 0 Å². The summed E-state index contributed by atoms with van der Waals surface area (Å²) in [5.41, 5.74) is 1.91. The number of rotatable bonds is 9. The van der Waals surface area contributed by atoms with Crippen molar-refractivity contribution >= 4 is 23.4 Å². The molecule has 0 aromatic heterocycles. The average molecular weight is 603 g/mol. The topological polar surface area (TPSA) is 140 Å². The van der Waals surface area contributed by atoms with Crippen LogP contribution in [0.2, 0.25) is 0 Å². The predicted octanol–water partition coefficient (Wildman–Crippen LogP) is 3.59. The molecule has 0 heterocycles. The van der Waals surface area contributed by atoms with Gasteiger partial charge in [0.2, 0.25) is 5.91 Å². The molecular weight excluding hydrogens is 572 g/mol. The van der Waals surface area contributed by atoms with Crippen LogP contribution in [0.25, 0.3) is 0 Å². The Morgan fingerprint density at radius 3 is 2.05 bits per heavy atom. The van der Waals surface area contributed by atoms with Gasteiger partial charge in [0.1, 0.15) is 11.9 Å². The highest BCUT2D eigenvalue weighted by Crippen LogP contribution is 2.32. The Morgan fingerprint density at radius 1 is 0.930 bits per heavy atom. The molecule has 0 unspecified atom stereocenters. The highest BCUT2D eigenvalue weighted by molar-refractivity contribution is 5.97. The highest BCUT2D eigenvalue weighted by Gasteiger charge is 2.33. The molecular formula is C30H30F4N4O5. The molecule has 6 N–H and O–H groups in total. The lowest BCUT2D eigenvalue weighted by Crippen LogP contribution is -2.51. The lowest BCUT2D eigenvalue weighted by atomic mass is 10.1. The van der Waals surface area contributed by atoms with Crippen LogP contribution < -0.4 is 21.4 Å². The Bertz CT molecular complexity index is 1480. The number of alkyl halides is 3. The standard InChI is InChI=1S/C29H26F4N4O5.CH4/c1-17(38)26(28(41)37-42)36-27(40)20-8-4-18(5-9-20)2-3-19-6-12-23(13-7-19)35-25(39)16-34-15-21-10-11-22(30)14-24(21)29(31,32)33;/h4-14,17,26,34,38,42H,15-16H2,1H3,(H,35,39)(H,36,40)(H,37,41);1H4/t17-,26+;/m1./s1. The molecule has 0 saturated carbocycles. The molecule has 2 atom stereocenters. The third-order valence-electron chi connectivity index (χ3n) is 5.81. The first kappa shape index (κ1) is 34.4. The fraction of sp³-hybridized carbons (Fsp3) is 0.233. The maximum absolute atomic E-state index is 13.2. The molecule has 3 rings (SSSR count).